The van der Waals surface area contributed by atoms with Crippen molar-refractivity contribution in [3.8, 4) is 0 Å². The highest BCUT2D eigenvalue weighted by Crippen LogP contribution is 2.26. The first-order valence-electron chi connectivity index (χ1n) is 6.05. The topological polar surface area (TPSA) is 73.5 Å². The van der Waals surface area contributed by atoms with Gasteiger partial charge in [-0.1, -0.05) is 0 Å². The number of nitrogens with zero attached hydrogens (tertiary/aromatic N) is 3. The van der Waals surface area contributed by atoms with E-state index in [1.807, 2.05) is 18.7 Å². The number of rotatable bonds is 7. The third-order valence-corrected chi connectivity index (χ3v) is 3.01. The van der Waals surface area contributed by atoms with E-state index < -0.39 is 0 Å². The number of ether oxygens (including phenoxy) is 2. The Labute approximate surface area is 118 Å². The van der Waals surface area contributed by atoms with Gasteiger partial charge >= 0.3 is 0 Å². The lowest BCUT2D eigenvalue weighted by Crippen LogP contribution is -2.40. The highest BCUT2D eigenvalue weighted by atomic mass is 35.5. The molecule has 1 aromatic rings. The second-order valence-corrected chi connectivity index (χ2v) is 4.64. The van der Waals surface area contributed by atoms with Crippen LogP contribution >= 0.6 is 11.6 Å². The van der Waals surface area contributed by atoms with E-state index in [0.29, 0.717) is 37.0 Å². The molecule has 0 spiro atoms. The Hall–Kier alpha value is -1.11. The Morgan fingerprint density at radius 1 is 1.32 bits per heavy atom. The van der Waals surface area contributed by atoms with Crippen LogP contribution in [-0.2, 0) is 9.47 Å². The molecule has 1 rings (SSSR count). The predicted octanol–water partition coefficient (Wildman–Crippen LogP) is 1.51. The van der Waals surface area contributed by atoms with E-state index in [2.05, 4.69) is 9.97 Å². The van der Waals surface area contributed by atoms with Crippen LogP contribution in [0.5, 0.6) is 0 Å². The number of nitrogens with two attached hydrogens (primary N) is 1. The molecule has 6 nitrogen and oxygen atoms in total. The van der Waals surface area contributed by atoms with Gasteiger partial charge in [0.15, 0.2) is 5.82 Å². The van der Waals surface area contributed by atoms with Gasteiger partial charge in [0.25, 0.3) is 0 Å². The molecule has 0 fully saturated rings. The van der Waals surface area contributed by atoms with Crippen LogP contribution in [0, 0.1) is 6.92 Å². The summed E-state index contributed by atoms with van der Waals surface area (Å²) in [5, 5.41) is 0.189. The van der Waals surface area contributed by atoms with E-state index in [0.717, 1.165) is 0 Å². The number of nitrogen functional groups attached to an aromatic ring is 1. The molecule has 0 aliphatic carbocycles. The van der Waals surface area contributed by atoms with Gasteiger partial charge in [-0.2, -0.15) is 4.98 Å². The van der Waals surface area contributed by atoms with Gasteiger partial charge < -0.3 is 20.1 Å². The molecule has 7 heteroatoms. The van der Waals surface area contributed by atoms with Gasteiger partial charge in [0, 0.05) is 20.8 Å². The van der Waals surface area contributed by atoms with E-state index in [9.17, 15) is 0 Å². The SMILES string of the molecule is COCCN(c1nc(Cl)nc(C)c1N)C(C)COC. The van der Waals surface area contributed by atoms with Crippen molar-refractivity contribution in [1.82, 2.24) is 9.97 Å². The lowest BCUT2D eigenvalue weighted by molar-refractivity contribution is 0.170. The van der Waals surface area contributed by atoms with Gasteiger partial charge in [-0.15, -0.1) is 0 Å². The summed E-state index contributed by atoms with van der Waals surface area (Å²) in [6.45, 7) is 5.61. The number of hydrogen-bond donors (Lipinski definition) is 1. The number of methoxy groups -OCH3 is 2. The van der Waals surface area contributed by atoms with Crippen LogP contribution in [-0.4, -0.2) is 50.0 Å². The molecule has 0 bridgehead atoms. The molecule has 1 aromatic heterocycles. The van der Waals surface area contributed by atoms with E-state index in [-0.39, 0.29) is 11.3 Å². The summed E-state index contributed by atoms with van der Waals surface area (Å²) < 4.78 is 10.3. The summed E-state index contributed by atoms with van der Waals surface area (Å²) >= 11 is 5.92. The first kappa shape index (κ1) is 15.9. The summed E-state index contributed by atoms with van der Waals surface area (Å²) in [5.74, 6) is 0.624. The summed E-state index contributed by atoms with van der Waals surface area (Å²) in [6.07, 6.45) is 0. The Balaban J connectivity index is 3.08. The molecule has 0 aromatic carbocycles. The molecule has 0 aliphatic rings. The molecule has 0 amide bonds. The molecule has 1 heterocycles. The van der Waals surface area contributed by atoms with Gasteiger partial charge in [-0.05, 0) is 25.4 Å². The second kappa shape index (κ2) is 7.47. The number of anilines is 2. The van der Waals surface area contributed by atoms with Crippen LogP contribution in [0.4, 0.5) is 11.5 Å². The number of hydrogen-bond acceptors (Lipinski definition) is 6. The maximum Gasteiger partial charge on any atom is 0.224 e. The number of aryl methyl sites for hydroxylation is 1. The van der Waals surface area contributed by atoms with Crippen LogP contribution in [0.1, 0.15) is 12.6 Å². The lowest BCUT2D eigenvalue weighted by Gasteiger charge is -2.30. The van der Waals surface area contributed by atoms with Gasteiger partial charge in [0.2, 0.25) is 5.28 Å². The van der Waals surface area contributed by atoms with Crippen LogP contribution in [0.3, 0.4) is 0 Å². The van der Waals surface area contributed by atoms with E-state index >= 15 is 0 Å². The van der Waals surface area contributed by atoms with Crippen molar-refractivity contribution in [1.29, 1.82) is 0 Å². The first-order valence-corrected chi connectivity index (χ1v) is 6.43. The molecule has 0 saturated heterocycles. The third-order valence-electron chi connectivity index (χ3n) is 2.84. The molecule has 1 unspecified atom stereocenters. The highest BCUT2D eigenvalue weighted by molar-refractivity contribution is 6.28. The molecular formula is C12H21ClN4O2. The summed E-state index contributed by atoms with van der Waals surface area (Å²) in [5.41, 5.74) is 7.25. The normalized spacial score (nSPS) is 12.5. The molecule has 108 valence electrons. The van der Waals surface area contributed by atoms with Crippen molar-refractivity contribution >= 4 is 23.1 Å². The largest absolute Gasteiger partial charge is 0.394 e. The first-order chi connectivity index (χ1) is 9.01. The van der Waals surface area contributed by atoms with Crippen LogP contribution in [0.2, 0.25) is 5.28 Å². The molecule has 0 aliphatic heterocycles. The minimum atomic E-state index is 0.104. The van der Waals surface area contributed by atoms with Crippen molar-refractivity contribution in [2.24, 2.45) is 0 Å². The van der Waals surface area contributed by atoms with Crippen LogP contribution < -0.4 is 10.6 Å². The molecule has 0 saturated carbocycles. The quantitative estimate of drug-likeness (QED) is 0.767. The van der Waals surface area contributed by atoms with Gasteiger partial charge in [0.05, 0.1) is 30.6 Å². The zero-order valence-corrected chi connectivity index (χ0v) is 12.6. The standard InChI is InChI=1S/C12H21ClN4O2/c1-8(7-19-4)17(5-6-18-3)11-10(14)9(2)15-12(13)16-11/h8H,5-7,14H2,1-4H3. The number of halogens is 1. The monoisotopic (exact) mass is 288 g/mol. The predicted molar refractivity (Wildman–Crippen MR) is 76.8 cm³/mol. The van der Waals surface area contributed by atoms with E-state index in [1.54, 1.807) is 14.2 Å². The summed E-state index contributed by atoms with van der Waals surface area (Å²) in [7, 11) is 3.31. The van der Waals surface area contributed by atoms with E-state index in [1.165, 1.54) is 0 Å². The van der Waals surface area contributed by atoms with E-state index in [4.69, 9.17) is 26.8 Å². The lowest BCUT2D eigenvalue weighted by atomic mass is 10.2. The van der Waals surface area contributed by atoms with Gasteiger partial charge in [-0.3, -0.25) is 0 Å². The van der Waals surface area contributed by atoms with Crippen molar-refractivity contribution < 1.29 is 9.47 Å². The van der Waals surface area contributed by atoms with Gasteiger partial charge in [-0.25, -0.2) is 4.98 Å². The zero-order valence-electron chi connectivity index (χ0n) is 11.8. The third kappa shape index (κ3) is 4.19. The highest BCUT2D eigenvalue weighted by Gasteiger charge is 2.20. The molecule has 2 N–H and O–H groups in total. The molecular weight excluding hydrogens is 268 g/mol. The summed E-state index contributed by atoms with van der Waals surface area (Å²) in [4.78, 5) is 10.3. The number of aromatic nitrogens is 2. The second-order valence-electron chi connectivity index (χ2n) is 4.31. The average molecular weight is 289 g/mol. The fraction of sp³-hybridized carbons (Fsp3) is 0.667. The van der Waals surface area contributed by atoms with Crippen molar-refractivity contribution in [3.05, 3.63) is 11.0 Å². The molecule has 1 atom stereocenters. The van der Waals surface area contributed by atoms with Gasteiger partial charge in [0.1, 0.15) is 0 Å². The summed E-state index contributed by atoms with van der Waals surface area (Å²) in [6, 6.07) is 0.104. The maximum absolute atomic E-state index is 6.05. The Morgan fingerprint density at radius 2 is 2.00 bits per heavy atom. The maximum atomic E-state index is 6.05. The van der Waals surface area contributed by atoms with Crippen molar-refractivity contribution in [3.63, 3.8) is 0 Å². The fourth-order valence-electron chi connectivity index (χ4n) is 1.81. The van der Waals surface area contributed by atoms with Crippen molar-refractivity contribution in [2.45, 2.75) is 19.9 Å². The minimum Gasteiger partial charge on any atom is -0.394 e. The smallest absolute Gasteiger partial charge is 0.224 e. The Bertz CT molecular complexity index is 417. The van der Waals surface area contributed by atoms with Crippen LogP contribution in [0.25, 0.3) is 0 Å². The molecule has 0 radical (unpaired) electrons. The fourth-order valence-corrected chi connectivity index (χ4v) is 2.01. The van der Waals surface area contributed by atoms with Crippen LogP contribution in [0.15, 0.2) is 0 Å². The Kier molecular flexibility index (Phi) is 6.27. The average Bonchev–Trinajstić information content (AvgIpc) is 2.35. The molecule has 19 heavy (non-hydrogen) atoms. The van der Waals surface area contributed by atoms with Crippen molar-refractivity contribution in [2.75, 3.05) is 44.6 Å². The minimum absolute atomic E-state index is 0.104. The Morgan fingerprint density at radius 3 is 2.58 bits per heavy atom. The zero-order chi connectivity index (χ0) is 14.4.